The molecular formula is C14H16N2. The van der Waals surface area contributed by atoms with Crippen molar-refractivity contribution in [3.63, 3.8) is 0 Å². The van der Waals surface area contributed by atoms with Crippen LogP contribution >= 0.6 is 0 Å². The van der Waals surface area contributed by atoms with Gasteiger partial charge in [0.1, 0.15) is 0 Å². The lowest BCUT2D eigenvalue weighted by Gasteiger charge is -2.11. The summed E-state index contributed by atoms with van der Waals surface area (Å²) < 4.78 is 0. The summed E-state index contributed by atoms with van der Waals surface area (Å²) in [6.45, 7) is 5.14. The number of anilines is 1. The largest absolute Gasteiger partial charge is 0.380 e. The maximum absolute atomic E-state index is 4.08. The number of rotatable bonds is 3. The highest BCUT2D eigenvalue weighted by molar-refractivity contribution is 5.43. The van der Waals surface area contributed by atoms with Crippen LogP contribution in [0.1, 0.15) is 16.7 Å². The molecule has 2 aromatic rings. The van der Waals surface area contributed by atoms with Crippen LogP contribution in [0.3, 0.4) is 0 Å². The van der Waals surface area contributed by atoms with Gasteiger partial charge in [-0.2, -0.15) is 0 Å². The third kappa shape index (κ3) is 2.40. The van der Waals surface area contributed by atoms with E-state index in [0.717, 1.165) is 12.2 Å². The number of nitrogens with zero attached hydrogens (tertiary/aromatic N) is 1. The Morgan fingerprint density at radius 1 is 1.06 bits per heavy atom. The lowest BCUT2D eigenvalue weighted by molar-refractivity contribution is 1.08. The van der Waals surface area contributed by atoms with Gasteiger partial charge in [0.05, 0.1) is 5.69 Å². The molecule has 0 aliphatic carbocycles. The van der Waals surface area contributed by atoms with Crippen molar-refractivity contribution in [3.05, 3.63) is 59.4 Å². The van der Waals surface area contributed by atoms with E-state index in [1.165, 1.54) is 16.7 Å². The molecule has 2 nitrogen and oxygen atoms in total. The molecule has 16 heavy (non-hydrogen) atoms. The molecule has 0 fully saturated rings. The van der Waals surface area contributed by atoms with Crippen LogP contribution in [0.4, 0.5) is 5.69 Å². The molecule has 1 aromatic carbocycles. The topological polar surface area (TPSA) is 24.9 Å². The van der Waals surface area contributed by atoms with Crippen LogP contribution in [-0.4, -0.2) is 4.98 Å². The van der Waals surface area contributed by atoms with E-state index in [1.807, 2.05) is 18.3 Å². The summed E-state index contributed by atoms with van der Waals surface area (Å²) in [7, 11) is 0. The summed E-state index contributed by atoms with van der Waals surface area (Å²) in [6, 6.07) is 10.4. The van der Waals surface area contributed by atoms with Crippen molar-refractivity contribution >= 4 is 5.69 Å². The monoisotopic (exact) mass is 212 g/mol. The van der Waals surface area contributed by atoms with E-state index in [9.17, 15) is 0 Å². The van der Waals surface area contributed by atoms with Gasteiger partial charge in [-0.3, -0.25) is 4.98 Å². The standard InChI is InChI=1S/C14H16N2/c1-11-5-3-6-12(2)14(11)10-16-13-7-4-8-15-9-13/h3-9,16H,10H2,1-2H3. The first-order chi connectivity index (χ1) is 7.77. The minimum absolute atomic E-state index is 0.851. The Bertz CT molecular complexity index is 443. The van der Waals surface area contributed by atoms with Gasteiger partial charge >= 0.3 is 0 Å². The fourth-order valence-corrected chi connectivity index (χ4v) is 1.79. The molecule has 1 N–H and O–H groups in total. The molecular weight excluding hydrogens is 196 g/mol. The number of aryl methyl sites for hydroxylation is 2. The Hall–Kier alpha value is -1.83. The highest BCUT2D eigenvalue weighted by atomic mass is 14.9. The van der Waals surface area contributed by atoms with Crippen molar-refractivity contribution < 1.29 is 0 Å². The predicted octanol–water partition coefficient (Wildman–Crippen LogP) is 3.31. The Morgan fingerprint density at radius 3 is 2.44 bits per heavy atom. The van der Waals surface area contributed by atoms with Gasteiger partial charge in [0.2, 0.25) is 0 Å². The molecule has 82 valence electrons. The first-order valence-corrected chi connectivity index (χ1v) is 5.46. The van der Waals surface area contributed by atoms with Crippen LogP contribution in [0.25, 0.3) is 0 Å². The van der Waals surface area contributed by atoms with Crippen molar-refractivity contribution in [2.24, 2.45) is 0 Å². The molecule has 0 radical (unpaired) electrons. The molecule has 0 atom stereocenters. The molecule has 2 heteroatoms. The third-order valence-corrected chi connectivity index (χ3v) is 2.78. The van der Waals surface area contributed by atoms with Crippen molar-refractivity contribution in [2.75, 3.05) is 5.32 Å². The Kier molecular flexibility index (Phi) is 3.20. The SMILES string of the molecule is Cc1cccc(C)c1CNc1cccnc1. The Labute approximate surface area is 96.4 Å². The fraction of sp³-hybridized carbons (Fsp3) is 0.214. The van der Waals surface area contributed by atoms with Gasteiger partial charge in [0.25, 0.3) is 0 Å². The minimum Gasteiger partial charge on any atom is -0.380 e. The highest BCUT2D eigenvalue weighted by Crippen LogP contribution is 2.15. The number of aromatic nitrogens is 1. The molecule has 0 amide bonds. The number of pyridine rings is 1. The van der Waals surface area contributed by atoms with Gasteiger partial charge < -0.3 is 5.32 Å². The lowest BCUT2D eigenvalue weighted by Crippen LogP contribution is -2.03. The van der Waals surface area contributed by atoms with E-state index in [2.05, 4.69) is 42.3 Å². The number of hydrogen-bond donors (Lipinski definition) is 1. The molecule has 0 bridgehead atoms. The second kappa shape index (κ2) is 4.79. The predicted molar refractivity (Wildman–Crippen MR) is 67.5 cm³/mol. The summed E-state index contributed by atoms with van der Waals surface area (Å²) in [5.41, 5.74) is 5.09. The number of benzene rings is 1. The molecule has 1 aromatic heterocycles. The second-order valence-electron chi connectivity index (χ2n) is 3.97. The van der Waals surface area contributed by atoms with Gasteiger partial charge in [-0.15, -0.1) is 0 Å². The zero-order chi connectivity index (χ0) is 11.4. The Balaban J connectivity index is 2.11. The van der Waals surface area contributed by atoms with E-state index in [0.29, 0.717) is 0 Å². The number of hydrogen-bond acceptors (Lipinski definition) is 2. The summed E-state index contributed by atoms with van der Waals surface area (Å²) in [5, 5.41) is 3.38. The molecule has 0 spiro atoms. The first kappa shape index (κ1) is 10.7. The normalized spacial score (nSPS) is 10.1. The fourth-order valence-electron chi connectivity index (χ4n) is 1.79. The van der Waals surface area contributed by atoms with Gasteiger partial charge in [-0.1, -0.05) is 18.2 Å². The van der Waals surface area contributed by atoms with E-state index in [-0.39, 0.29) is 0 Å². The lowest BCUT2D eigenvalue weighted by atomic mass is 10.0. The van der Waals surface area contributed by atoms with Gasteiger partial charge in [0.15, 0.2) is 0 Å². The average molecular weight is 212 g/mol. The molecule has 0 aliphatic rings. The van der Waals surface area contributed by atoms with Gasteiger partial charge in [-0.05, 0) is 42.7 Å². The first-order valence-electron chi connectivity index (χ1n) is 5.46. The molecule has 0 aliphatic heterocycles. The summed E-state index contributed by atoms with van der Waals surface area (Å²) >= 11 is 0. The molecule has 1 heterocycles. The average Bonchev–Trinajstić information content (AvgIpc) is 2.30. The van der Waals surface area contributed by atoms with Crippen LogP contribution in [0.2, 0.25) is 0 Å². The van der Waals surface area contributed by atoms with Crippen LogP contribution in [-0.2, 0) is 6.54 Å². The Morgan fingerprint density at radius 2 is 1.81 bits per heavy atom. The van der Waals surface area contributed by atoms with Gasteiger partial charge in [0, 0.05) is 18.9 Å². The van der Waals surface area contributed by atoms with Crippen molar-refractivity contribution in [2.45, 2.75) is 20.4 Å². The third-order valence-electron chi connectivity index (χ3n) is 2.78. The molecule has 2 rings (SSSR count). The smallest absolute Gasteiger partial charge is 0.0529 e. The zero-order valence-electron chi connectivity index (χ0n) is 9.70. The minimum atomic E-state index is 0.851. The summed E-state index contributed by atoms with van der Waals surface area (Å²) in [4.78, 5) is 4.08. The van der Waals surface area contributed by atoms with E-state index < -0.39 is 0 Å². The summed E-state index contributed by atoms with van der Waals surface area (Å²) in [6.07, 6.45) is 3.62. The van der Waals surface area contributed by atoms with Crippen molar-refractivity contribution in [1.29, 1.82) is 0 Å². The van der Waals surface area contributed by atoms with Crippen LogP contribution < -0.4 is 5.32 Å². The quantitative estimate of drug-likeness (QED) is 0.844. The molecule has 0 unspecified atom stereocenters. The second-order valence-corrected chi connectivity index (χ2v) is 3.97. The maximum atomic E-state index is 4.08. The van der Waals surface area contributed by atoms with Crippen LogP contribution in [0.15, 0.2) is 42.7 Å². The van der Waals surface area contributed by atoms with E-state index >= 15 is 0 Å². The highest BCUT2D eigenvalue weighted by Gasteiger charge is 2.01. The van der Waals surface area contributed by atoms with E-state index in [4.69, 9.17) is 0 Å². The van der Waals surface area contributed by atoms with Gasteiger partial charge in [-0.25, -0.2) is 0 Å². The summed E-state index contributed by atoms with van der Waals surface area (Å²) in [5.74, 6) is 0. The molecule has 0 saturated heterocycles. The van der Waals surface area contributed by atoms with Crippen molar-refractivity contribution in [1.82, 2.24) is 4.98 Å². The van der Waals surface area contributed by atoms with Crippen LogP contribution in [0.5, 0.6) is 0 Å². The number of nitrogens with one attached hydrogen (secondary N) is 1. The van der Waals surface area contributed by atoms with E-state index in [1.54, 1.807) is 6.20 Å². The van der Waals surface area contributed by atoms with Crippen molar-refractivity contribution in [3.8, 4) is 0 Å². The zero-order valence-corrected chi connectivity index (χ0v) is 9.70. The molecule has 0 saturated carbocycles. The maximum Gasteiger partial charge on any atom is 0.0529 e. The van der Waals surface area contributed by atoms with Crippen LogP contribution in [0, 0.1) is 13.8 Å².